The third-order valence-electron chi connectivity index (χ3n) is 4.48. The number of hydrogen-bond donors (Lipinski definition) is 2. The topological polar surface area (TPSA) is 129 Å². The zero-order valence-corrected chi connectivity index (χ0v) is 16.9. The lowest BCUT2D eigenvalue weighted by Gasteiger charge is -2.13. The highest BCUT2D eigenvalue weighted by Crippen LogP contribution is 2.30. The molecule has 0 saturated carbocycles. The third kappa shape index (κ3) is 3.78. The van der Waals surface area contributed by atoms with Crippen LogP contribution in [0.1, 0.15) is 0 Å². The van der Waals surface area contributed by atoms with E-state index in [9.17, 15) is 17.6 Å². The largest absolute Gasteiger partial charge is 0.480 e. The summed E-state index contributed by atoms with van der Waals surface area (Å²) in [4.78, 5) is 20.0. The molecule has 0 aliphatic heterocycles. The van der Waals surface area contributed by atoms with Crippen molar-refractivity contribution in [2.24, 2.45) is 0 Å². The Morgan fingerprint density at radius 3 is 2.61 bits per heavy atom. The van der Waals surface area contributed by atoms with Crippen LogP contribution in [-0.2, 0) is 10.0 Å². The van der Waals surface area contributed by atoms with Crippen molar-refractivity contribution in [2.45, 2.75) is 4.90 Å². The van der Waals surface area contributed by atoms with E-state index in [-0.39, 0.29) is 17.3 Å². The summed E-state index contributed by atoms with van der Waals surface area (Å²) in [5, 5.41) is 0. The molecule has 9 nitrogen and oxygen atoms in total. The molecule has 0 amide bonds. The van der Waals surface area contributed by atoms with Crippen molar-refractivity contribution < 1.29 is 17.5 Å². The van der Waals surface area contributed by atoms with Crippen molar-refractivity contribution in [2.75, 3.05) is 17.6 Å². The Balaban J connectivity index is 1.80. The fraction of sp³-hybridized carbons (Fsp3) is 0.0500. The van der Waals surface area contributed by atoms with E-state index in [1.165, 1.54) is 48.3 Å². The van der Waals surface area contributed by atoms with E-state index in [4.69, 9.17) is 10.5 Å². The van der Waals surface area contributed by atoms with E-state index >= 15 is 0 Å². The van der Waals surface area contributed by atoms with Crippen LogP contribution in [0.25, 0.3) is 16.8 Å². The minimum absolute atomic E-state index is 0.00129. The fourth-order valence-corrected chi connectivity index (χ4v) is 4.10. The molecule has 11 heteroatoms. The van der Waals surface area contributed by atoms with E-state index in [1.807, 2.05) is 0 Å². The molecule has 1 aromatic carbocycles. The van der Waals surface area contributed by atoms with Crippen LogP contribution in [0.3, 0.4) is 0 Å². The first-order valence-corrected chi connectivity index (χ1v) is 10.4. The summed E-state index contributed by atoms with van der Waals surface area (Å²) < 4.78 is 48.1. The molecule has 158 valence electrons. The number of hydrogen-bond acceptors (Lipinski definition) is 7. The highest BCUT2D eigenvalue weighted by atomic mass is 32.2. The first kappa shape index (κ1) is 20.3. The Morgan fingerprint density at radius 1 is 1.10 bits per heavy atom. The van der Waals surface area contributed by atoms with Crippen LogP contribution in [0.2, 0.25) is 0 Å². The maximum atomic E-state index is 14.0. The van der Waals surface area contributed by atoms with Crippen molar-refractivity contribution in [3.05, 3.63) is 77.2 Å². The molecule has 0 bridgehead atoms. The number of nitrogens with one attached hydrogen (secondary N) is 1. The number of benzene rings is 1. The molecular formula is C20H16FN5O4S. The predicted molar refractivity (Wildman–Crippen MR) is 113 cm³/mol. The average molecular weight is 441 g/mol. The zero-order valence-electron chi connectivity index (χ0n) is 16.1. The number of halogens is 1. The molecule has 0 aliphatic rings. The summed E-state index contributed by atoms with van der Waals surface area (Å²) in [6.07, 6.45) is 4.24. The smallest absolute Gasteiger partial charge is 0.281 e. The normalized spacial score (nSPS) is 11.4. The first-order valence-electron chi connectivity index (χ1n) is 8.89. The Kier molecular flexibility index (Phi) is 5.03. The van der Waals surface area contributed by atoms with Crippen LogP contribution in [0, 0.1) is 5.82 Å². The highest BCUT2D eigenvalue weighted by molar-refractivity contribution is 7.92. The molecule has 0 spiro atoms. The van der Waals surface area contributed by atoms with E-state index in [1.54, 1.807) is 12.1 Å². The maximum Gasteiger partial charge on any atom is 0.281 e. The van der Waals surface area contributed by atoms with Gasteiger partial charge in [0.15, 0.2) is 0 Å². The number of nitrogen functional groups attached to an aromatic ring is 1. The van der Waals surface area contributed by atoms with Gasteiger partial charge in [-0.15, -0.1) is 0 Å². The Hall–Kier alpha value is -3.99. The number of sulfonamides is 1. The summed E-state index contributed by atoms with van der Waals surface area (Å²) in [7, 11) is -2.92. The molecule has 0 fully saturated rings. The highest BCUT2D eigenvalue weighted by Gasteiger charge is 2.21. The average Bonchev–Trinajstić information content (AvgIpc) is 2.76. The molecule has 0 radical (unpaired) electrons. The van der Waals surface area contributed by atoms with Crippen LogP contribution >= 0.6 is 0 Å². The Morgan fingerprint density at radius 2 is 1.87 bits per heavy atom. The predicted octanol–water partition coefficient (Wildman–Crippen LogP) is 2.29. The molecule has 3 heterocycles. The first-order chi connectivity index (χ1) is 14.8. The second-order valence-corrected chi connectivity index (χ2v) is 8.13. The number of rotatable bonds is 5. The van der Waals surface area contributed by atoms with E-state index in [0.29, 0.717) is 16.8 Å². The lowest BCUT2D eigenvalue weighted by atomic mass is 10.1. The van der Waals surface area contributed by atoms with Crippen molar-refractivity contribution in [3.63, 3.8) is 0 Å². The Labute approximate surface area is 176 Å². The number of aromatic nitrogens is 3. The second kappa shape index (κ2) is 7.69. The van der Waals surface area contributed by atoms with Crippen molar-refractivity contribution in [3.8, 4) is 17.0 Å². The SMILES string of the molecule is COc1ncc(-c2ccc3ncc(N)c(=O)n3c2)cc1NS(=O)(=O)c1ccccc1F. The van der Waals surface area contributed by atoms with Gasteiger partial charge in [0.05, 0.1) is 13.3 Å². The van der Waals surface area contributed by atoms with Crippen molar-refractivity contribution in [1.29, 1.82) is 0 Å². The van der Waals surface area contributed by atoms with Crippen molar-refractivity contribution in [1.82, 2.24) is 14.4 Å². The Bertz CT molecular complexity index is 1470. The lowest BCUT2D eigenvalue weighted by molar-refractivity contribution is 0.400. The van der Waals surface area contributed by atoms with Gasteiger partial charge in [-0.25, -0.2) is 22.8 Å². The van der Waals surface area contributed by atoms with Gasteiger partial charge in [-0.05, 0) is 30.3 Å². The van der Waals surface area contributed by atoms with E-state index < -0.39 is 26.3 Å². The van der Waals surface area contributed by atoms with Gasteiger partial charge in [0, 0.05) is 23.5 Å². The minimum atomic E-state index is -4.25. The number of nitrogens with zero attached hydrogens (tertiary/aromatic N) is 3. The monoisotopic (exact) mass is 441 g/mol. The van der Waals surface area contributed by atoms with Crippen LogP contribution in [0.15, 0.2) is 70.7 Å². The standard InChI is InChI=1S/C20H16FN5O4S/c1-30-19-16(25-31(28,29)17-5-3-2-4-14(17)21)8-13(9-24-19)12-6-7-18-23-10-15(22)20(27)26(18)11-12/h2-11,25H,22H2,1H3. The molecule has 0 unspecified atom stereocenters. The molecule has 3 N–H and O–H groups in total. The van der Waals surface area contributed by atoms with Crippen LogP contribution in [0.5, 0.6) is 5.88 Å². The molecule has 31 heavy (non-hydrogen) atoms. The van der Waals surface area contributed by atoms with Gasteiger partial charge < -0.3 is 10.5 Å². The number of fused-ring (bicyclic) bond motifs is 1. The van der Waals surface area contributed by atoms with Gasteiger partial charge in [0.2, 0.25) is 5.88 Å². The van der Waals surface area contributed by atoms with Gasteiger partial charge in [-0.3, -0.25) is 13.9 Å². The molecular weight excluding hydrogens is 425 g/mol. The summed E-state index contributed by atoms with van der Waals surface area (Å²) in [6, 6.07) is 9.77. The van der Waals surface area contributed by atoms with Gasteiger partial charge in [0.25, 0.3) is 15.6 Å². The molecule has 4 rings (SSSR count). The summed E-state index contributed by atoms with van der Waals surface area (Å²) in [5.74, 6) is -0.899. The fourth-order valence-electron chi connectivity index (χ4n) is 2.97. The molecule has 4 aromatic rings. The van der Waals surface area contributed by atoms with Gasteiger partial charge in [-0.1, -0.05) is 12.1 Å². The molecule has 0 atom stereocenters. The van der Waals surface area contributed by atoms with Gasteiger partial charge in [0.1, 0.15) is 27.7 Å². The molecule has 3 aromatic heterocycles. The number of anilines is 2. The van der Waals surface area contributed by atoms with Crippen molar-refractivity contribution >= 4 is 27.0 Å². The lowest BCUT2D eigenvalue weighted by Crippen LogP contribution is -2.18. The minimum Gasteiger partial charge on any atom is -0.480 e. The van der Waals surface area contributed by atoms with E-state index in [2.05, 4.69) is 14.7 Å². The van der Waals surface area contributed by atoms with Crippen LogP contribution < -0.4 is 20.8 Å². The zero-order chi connectivity index (χ0) is 22.2. The summed E-state index contributed by atoms with van der Waals surface area (Å²) in [6.45, 7) is 0. The maximum absolute atomic E-state index is 14.0. The van der Waals surface area contributed by atoms with Crippen LogP contribution in [-0.4, -0.2) is 29.9 Å². The van der Waals surface area contributed by atoms with Gasteiger partial charge >= 0.3 is 0 Å². The molecule has 0 aliphatic carbocycles. The molecule has 0 saturated heterocycles. The summed E-state index contributed by atoms with van der Waals surface area (Å²) in [5.41, 5.74) is 6.61. The van der Waals surface area contributed by atoms with Crippen LogP contribution in [0.4, 0.5) is 15.8 Å². The second-order valence-electron chi connectivity index (χ2n) is 6.48. The van der Waals surface area contributed by atoms with E-state index in [0.717, 1.165) is 12.1 Å². The number of nitrogens with two attached hydrogens (primary N) is 1. The number of methoxy groups -OCH3 is 1. The number of ether oxygens (including phenoxy) is 1. The van der Waals surface area contributed by atoms with Gasteiger partial charge in [-0.2, -0.15) is 0 Å². The third-order valence-corrected chi connectivity index (χ3v) is 5.88. The number of pyridine rings is 2. The quantitative estimate of drug-likeness (QED) is 0.486. The summed E-state index contributed by atoms with van der Waals surface area (Å²) >= 11 is 0.